The van der Waals surface area contributed by atoms with Crippen molar-refractivity contribution in [2.45, 2.75) is 4.34 Å². The first-order chi connectivity index (χ1) is 6.60. The van der Waals surface area contributed by atoms with E-state index in [0.717, 1.165) is 11.5 Å². The molecular weight excluding hydrogens is 228 g/mol. The highest BCUT2D eigenvalue weighted by Gasteiger charge is 2.19. The third-order valence-electron chi connectivity index (χ3n) is 1.39. The average molecular weight is 238 g/mol. The van der Waals surface area contributed by atoms with E-state index in [1.54, 1.807) is 0 Å². The van der Waals surface area contributed by atoms with E-state index in [9.17, 15) is 8.42 Å². The number of rotatable bonds is 5. The van der Waals surface area contributed by atoms with Crippen LogP contribution in [0.2, 0.25) is 0 Å². The van der Waals surface area contributed by atoms with Crippen LogP contribution in [0.15, 0.2) is 4.34 Å². The Morgan fingerprint density at radius 2 is 2.14 bits per heavy atom. The van der Waals surface area contributed by atoms with Crippen molar-refractivity contribution < 1.29 is 17.9 Å². The first kappa shape index (κ1) is 11.3. The summed E-state index contributed by atoms with van der Waals surface area (Å²) in [4.78, 5) is 3.69. The topological polar surface area (TPSA) is 78.4 Å². The van der Waals surface area contributed by atoms with Crippen molar-refractivity contribution in [1.82, 2.24) is 9.36 Å². The zero-order valence-electron chi connectivity index (χ0n) is 7.76. The first-order valence-corrected chi connectivity index (χ1v) is 6.12. The quantitative estimate of drug-likeness (QED) is 0.716. The third-order valence-corrected chi connectivity index (χ3v) is 4.20. The first-order valence-electron chi connectivity index (χ1n) is 3.69. The maximum atomic E-state index is 11.5. The fraction of sp³-hybridized carbons (Fsp3) is 0.667. The van der Waals surface area contributed by atoms with Crippen LogP contribution >= 0.6 is 11.5 Å². The van der Waals surface area contributed by atoms with Gasteiger partial charge in [0.05, 0.1) is 19.5 Å². The van der Waals surface area contributed by atoms with Gasteiger partial charge in [0.15, 0.2) is 0 Å². The summed E-state index contributed by atoms with van der Waals surface area (Å²) in [7, 11) is -0.549. The highest BCUT2D eigenvalue weighted by Crippen LogP contribution is 2.17. The molecule has 0 saturated carbocycles. The van der Waals surface area contributed by atoms with E-state index in [4.69, 9.17) is 0 Å². The van der Waals surface area contributed by atoms with E-state index in [-0.39, 0.29) is 22.7 Å². The van der Waals surface area contributed by atoms with Crippen LogP contribution in [0.5, 0.6) is 6.01 Å². The van der Waals surface area contributed by atoms with E-state index >= 15 is 0 Å². The number of methoxy groups -OCH3 is 2. The lowest BCUT2D eigenvalue weighted by Crippen LogP contribution is -2.11. The second-order valence-electron chi connectivity index (χ2n) is 2.36. The maximum absolute atomic E-state index is 11.5. The second-order valence-corrected chi connectivity index (χ2v) is 5.39. The van der Waals surface area contributed by atoms with Gasteiger partial charge in [-0.3, -0.25) is 0 Å². The molecule has 80 valence electrons. The molecule has 0 aromatic carbocycles. The number of ether oxygens (including phenoxy) is 2. The Labute approximate surface area is 86.0 Å². The van der Waals surface area contributed by atoms with Crippen LogP contribution in [-0.2, 0) is 14.6 Å². The molecule has 0 radical (unpaired) electrons. The fourth-order valence-electron chi connectivity index (χ4n) is 0.687. The average Bonchev–Trinajstić information content (AvgIpc) is 2.63. The van der Waals surface area contributed by atoms with Crippen LogP contribution in [0, 0.1) is 0 Å². The predicted molar refractivity (Wildman–Crippen MR) is 50.4 cm³/mol. The molecule has 0 unspecified atom stereocenters. The molecule has 0 aliphatic heterocycles. The van der Waals surface area contributed by atoms with Gasteiger partial charge in [-0.25, -0.2) is 8.42 Å². The number of hydrogen-bond donors (Lipinski definition) is 0. The Morgan fingerprint density at radius 3 is 2.64 bits per heavy atom. The Bertz CT molecular complexity index is 386. The minimum Gasteiger partial charge on any atom is -0.466 e. The summed E-state index contributed by atoms with van der Waals surface area (Å²) >= 11 is 0.802. The van der Waals surface area contributed by atoms with Crippen molar-refractivity contribution >= 4 is 21.4 Å². The van der Waals surface area contributed by atoms with Crippen LogP contribution in [0.25, 0.3) is 0 Å². The molecule has 6 nitrogen and oxygen atoms in total. The molecule has 0 amide bonds. The minimum atomic E-state index is -3.37. The maximum Gasteiger partial charge on any atom is 0.329 e. The van der Waals surface area contributed by atoms with E-state index in [1.165, 1.54) is 14.2 Å². The number of sulfone groups is 1. The van der Waals surface area contributed by atoms with Gasteiger partial charge in [0.25, 0.3) is 0 Å². The lowest BCUT2D eigenvalue weighted by molar-refractivity contribution is 0.217. The zero-order chi connectivity index (χ0) is 10.6. The highest BCUT2D eigenvalue weighted by molar-refractivity contribution is 7.93. The number of aromatic nitrogens is 2. The van der Waals surface area contributed by atoms with Crippen LogP contribution in [-0.4, -0.2) is 44.4 Å². The predicted octanol–water partition coefficient (Wildman–Crippen LogP) is -0.0332. The Hall–Kier alpha value is -0.730. The van der Waals surface area contributed by atoms with Crippen LogP contribution in [0.4, 0.5) is 0 Å². The molecule has 0 aliphatic rings. The molecule has 1 heterocycles. The molecule has 0 bridgehead atoms. The van der Waals surface area contributed by atoms with Gasteiger partial charge in [0, 0.05) is 18.6 Å². The summed E-state index contributed by atoms with van der Waals surface area (Å²) in [5.74, 6) is -0.0954. The van der Waals surface area contributed by atoms with Crippen molar-refractivity contribution in [3.63, 3.8) is 0 Å². The van der Waals surface area contributed by atoms with Crippen molar-refractivity contribution in [3.8, 4) is 6.01 Å². The number of nitrogens with zero attached hydrogens (tertiary/aromatic N) is 2. The van der Waals surface area contributed by atoms with Crippen molar-refractivity contribution in [3.05, 3.63) is 0 Å². The molecule has 0 spiro atoms. The van der Waals surface area contributed by atoms with Gasteiger partial charge in [-0.2, -0.15) is 4.98 Å². The molecule has 8 heteroatoms. The van der Waals surface area contributed by atoms with Gasteiger partial charge < -0.3 is 9.47 Å². The molecule has 1 rings (SSSR count). The molecule has 1 aromatic heterocycles. The molecule has 14 heavy (non-hydrogen) atoms. The summed E-state index contributed by atoms with van der Waals surface area (Å²) < 4.78 is 36.0. The normalized spacial score (nSPS) is 11.6. The monoisotopic (exact) mass is 238 g/mol. The number of hydrogen-bond acceptors (Lipinski definition) is 7. The molecule has 0 fully saturated rings. The molecule has 0 aliphatic carbocycles. The summed E-state index contributed by atoms with van der Waals surface area (Å²) in [5.41, 5.74) is 0. The Morgan fingerprint density at radius 1 is 1.43 bits per heavy atom. The second kappa shape index (κ2) is 4.67. The van der Waals surface area contributed by atoms with Gasteiger partial charge >= 0.3 is 6.01 Å². The Kier molecular flexibility index (Phi) is 3.78. The fourth-order valence-corrected chi connectivity index (χ4v) is 2.67. The van der Waals surface area contributed by atoms with Crippen LogP contribution < -0.4 is 4.74 Å². The minimum absolute atomic E-state index is 0.0357. The smallest absolute Gasteiger partial charge is 0.329 e. The van der Waals surface area contributed by atoms with E-state index in [0.29, 0.717) is 0 Å². The summed E-state index contributed by atoms with van der Waals surface area (Å²) in [6.45, 7) is 0.143. The van der Waals surface area contributed by atoms with E-state index in [1.807, 2.05) is 0 Å². The zero-order valence-corrected chi connectivity index (χ0v) is 9.39. The molecule has 0 saturated heterocycles. The van der Waals surface area contributed by atoms with Crippen molar-refractivity contribution in [2.75, 3.05) is 26.6 Å². The van der Waals surface area contributed by atoms with Gasteiger partial charge in [-0.1, -0.05) is 0 Å². The highest BCUT2D eigenvalue weighted by atomic mass is 32.2. The molecule has 0 N–H and O–H groups in total. The lowest BCUT2D eigenvalue weighted by atomic mass is 10.9. The molecular formula is C6H10N2O4S2. The Balaban J connectivity index is 2.81. The molecule has 0 atom stereocenters. The van der Waals surface area contributed by atoms with E-state index in [2.05, 4.69) is 18.8 Å². The van der Waals surface area contributed by atoms with Gasteiger partial charge in [-0.15, -0.1) is 4.37 Å². The molecule has 1 aromatic rings. The van der Waals surface area contributed by atoms with E-state index < -0.39 is 9.84 Å². The third kappa shape index (κ3) is 2.63. The van der Waals surface area contributed by atoms with Gasteiger partial charge in [0.2, 0.25) is 14.2 Å². The lowest BCUT2D eigenvalue weighted by Gasteiger charge is -1.97. The SMILES string of the molecule is COCCS(=O)(=O)c1nc(OC)ns1. The largest absolute Gasteiger partial charge is 0.466 e. The van der Waals surface area contributed by atoms with Crippen LogP contribution in [0.3, 0.4) is 0 Å². The summed E-state index contributed by atoms with van der Waals surface area (Å²) in [5, 5.41) is 0. The summed E-state index contributed by atoms with van der Waals surface area (Å²) in [6.07, 6.45) is 0. The van der Waals surface area contributed by atoms with Gasteiger partial charge in [0.1, 0.15) is 0 Å². The van der Waals surface area contributed by atoms with Gasteiger partial charge in [-0.05, 0) is 0 Å². The summed E-state index contributed by atoms with van der Waals surface area (Å²) in [6, 6.07) is 0.0750. The standard InChI is InChI=1S/C6H10N2O4S2/c1-11-3-4-14(9,10)6-7-5(12-2)8-13-6/h3-4H2,1-2H3. The van der Waals surface area contributed by atoms with Crippen LogP contribution in [0.1, 0.15) is 0 Å². The van der Waals surface area contributed by atoms with Crippen molar-refractivity contribution in [1.29, 1.82) is 0 Å². The van der Waals surface area contributed by atoms with Crippen molar-refractivity contribution in [2.24, 2.45) is 0 Å².